The Bertz CT molecular complexity index is 496. The van der Waals surface area contributed by atoms with Crippen molar-refractivity contribution in [2.75, 3.05) is 12.4 Å². The molecule has 0 amide bonds. The standard InChI is InChI=1S/C10H10N2O3S2/c1-2-15-8(13)6-17(14)10-12-7-4-3-5-11-9(7)16-10/h3-5H,2,6H2,1H3. The number of aromatic nitrogens is 2. The largest absolute Gasteiger partial charge is 0.609 e. The van der Waals surface area contributed by atoms with Gasteiger partial charge in [0.25, 0.3) is 0 Å². The van der Waals surface area contributed by atoms with Crippen molar-refractivity contribution in [3.63, 3.8) is 0 Å². The van der Waals surface area contributed by atoms with Gasteiger partial charge in [0.1, 0.15) is 10.3 Å². The molecule has 7 heteroatoms. The Kier molecular flexibility index (Phi) is 3.93. The zero-order valence-corrected chi connectivity index (χ0v) is 10.7. The summed E-state index contributed by atoms with van der Waals surface area (Å²) in [5.41, 5.74) is 0.699. The number of esters is 1. The third kappa shape index (κ3) is 2.93. The molecule has 0 saturated heterocycles. The van der Waals surface area contributed by atoms with Gasteiger partial charge in [0, 0.05) is 17.4 Å². The van der Waals surface area contributed by atoms with Crippen molar-refractivity contribution in [1.82, 2.24) is 9.97 Å². The summed E-state index contributed by atoms with van der Waals surface area (Å²) in [6.45, 7) is 2.00. The van der Waals surface area contributed by atoms with Crippen LogP contribution in [-0.2, 0) is 20.7 Å². The van der Waals surface area contributed by atoms with E-state index >= 15 is 0 Å². The molecule has 0 bridgehead atoms. The molecule has 1 unspecified atom stereocenters. The third-order valence-corrected chi connectivity index (χ3v) is 4.46. The van der Waals surface area contributed by atoms with Crippen molar-refractivity contribution in [2.24, 2.45) is 0 Å². The average Bonchev–Trinajstić information content (AvgIpc) is 2.72. The number of rotatable bonds is 4. The summed E-state index contributed by atoms with van der Waals surface area (Å²) < 4.78 is 17.0. The average molecular weight is 270 g/mol. The molecule has 0 radical (unpaired) electrons. The topological polar surface area (TPSA) is 75.1 Å². The number of thiazole rings is 1. The van der Waals surface area contributed by atoms with Crippen LogP contribution in [-0.4, -0.2) is 32.8 Å². The van der Waals surface area contributed by atoms with E-state index in [0.717, 1.165) is 4.83 Å². The molecule has 2 aromatic heterocycles. The first-order valence-corrected chi connectivity index (χ1v) is 7.10. The molecule has 2 aromatic rings. The Morgan fingerprint density at radius 2 is 2.47 bits per heavy atom. The van der Waals surface area contributed by atoms with Gasteiger partial charge in [0.2, 0.25) is 5.75 Å². The molecule has 0 aliphatic heterocycles. The lowest BCUT2D eigenvalue weighted by atomic mass is 10.5. The summed E-state index contributed by atoms with van der Waals surface area (Å²) in [4.78, 5) is 20.2. The fourth-order valence-electron chi connectivity index (χ4n) is 1.22. The van der Waals surface area contributed by atoms with E-state index in [2.05, 4.69) is 9.97 Å². The molecule has 90 valence electrons. The minimum absolute atomic E-state index is 0.159. The third-order valence-electron chi connectivity index (χ3n) is 1.90. The molecule has 2 rings (SSSR count). The smallest absolute Gasteiger partial charge is 0.356 e. The van der Waals surface area contributed by atoms with Crippen LogP contribution in [0.4, 0.5) is 0 Å². The van der Waals surface area contributed by atoms with Crippen LogP contribution in [0.25, 0.3) is 10.3 Å². The minimum Gasteiger partial charge on any atom is -0.609 e. The molecule has 0 fully saturated rings. The highest BCUT2D eigenvalue weighted by Crippen LogP contribution is 2.23. The summed E-state index contributed by atoms with van der Waals surface area (Å²) in [7, 11) is 0. The zero-order chi connectivity index (χ0) is 12.3. The van der Waals surface area contributed by atoms with Gasteiger partial charge in [0.15, 0.2) is 0 Å². The van der Waals surface area contributed by atoms with E-state index in [-0.39, 0.29) is 12.4 Å². The van der Waals surface area contributed by atoms with Crippen molar-refractivity contribution >= 4 is 38.8 Å². The van der Waals surface area contributed by atoms with Crippen LogP contribution in [0.2, 0.25) is 0 Å². The van der Waals surface area contributed by atoms with Crippen LogP contribution in [0.3, 0.4) is 0 Å². The van der Waals surface area contributed by atoms with Crippen molar-refractivity contribution in [3.05, 3.63) is 18.3 Å². The van der Waals surface area contributed by atoms with E-state index in [0.29, 0.717) is 9.86 Å². The monoisotopic (exact) mass is 270 g/mol. The van der Waals surface area contributed by atoms with Crippen molar-refractivity contribution in [2.45, 2.75) is 11.3 Å². The van der Waals surface area contributed by atoms with Crippen LogP contribution in [0.5, 0.6) is 0 Å². The summed E-state index contributed by atoms with van der Waals surface area (Å²) in [5.74, 6) is -0.633. The van der Waals surface area contributed by atoms with Crippen molar-refractivity contribution in [1.29, 1.82) is 0 Å². The van der Waals surface area contributed by atoms with E-state index in [4.69, 9.17) is 4.74 Å². The molecule has 1 atom stereocenters. The first-order valence-electron chi connectivity index (χ1n) is 4.96. The molecule has 0 aliphatic rings. The number of nitrogens with zero attached hydrogens (tertiary/aromatic N) is 2. The van der Waals surface area contributed by atoms with Crippen LogP contribution >= 0.6 is 11.3 Å². The lowest BCUT2D eigenvalue weighted by Gasteiger charge is -2.05. The van der Waals surface area contributed by atoms with Crippen LogP contribution in [0.1, 0.15) is 6.92 Å². The Hall–Kier alpha value is -1.18. The van der Waals surface area contributed by atoms with E-state index in [1.165, 1.54) is 11.3 Å². The highest BCUT2D eigenvalue weighted by molar-refractivity contribution is 7.94. The maximum absolute atomic E-state index is 11.8. The Morgan fingerprint density at radius 1 is 1.65 bits per heavy atom. The second-order valence-corrected chi connectivity index (χ2v) is 5.70. The first kappa shape index (κ1) is 12.3. The van der Waals surface area contributed by atoms with Gasteiger partial charge in [-0.3, -0.25) is 0 Å². The quantitative estimate of drug-likeness (QED) is 0.619. The number of fused-ring (bicyclic) bond motifs is 1. The number of carbonyl (C=O) groups excluding carboxylic acids is 1. The second kappa shape index (κ2) is 5.44. The van der Waals surface area contributed by atoms with Gasteiger partial charge < -0.3 is 9.29 Å². The number of hydrogen-bond donors (Lipinski definition) is 0. The van der Waals surface area contributed by atoms with Gasteiger partial charge in [-0.1, -0.05) is 0 Å². The van der Waals surface area contributed by atoms with Crippen molar-refractivity contribution in [3.8, 4) is 0 Å². The van der Waals surface area contributed by atoms with E-state index in [1.54, 1.807) is 25.3 Å². The van der Waals surface area contributed by atoms with Gasteiger partial charge in [0.05, 0.1) is 6.61 Å². The zero-order valence-electron chi connectivity index (χ0n) is 9.08. The molecule has 0 spiro atoms. The summed E-state index contributed by atoms with van der Waals surface area (Å²) >= 11 is -0.219. The maximum Gasteiger partial charge on any atom is 0.356 e. The number of pyridine rings is 1. The molecule has 17 heavy (non-hydrogen) atoms. The van der Waals surface area contributed by atoms with E-state index < -0.39 is 17.1 Å². The lowest BCUT2D eigenvalue weighted by molar-refractivity contribution is -0.139. The van der Waals surface area contributed by atoms with Gasteiger partial charge in [-0.2, -0.15) is 4.98 Å². The summed E-state index contributed by atoms with van der Waals surface area (Å²) in [6, 6.07) is 3.56. The van der Waals surface area contributed by atoms with Gasteiger partial charge in [-0.05, 0) is 30.4 Å². The molecule has 0 N–H and O–H groups in total. The minimum atomic E-state index is -1.45. The number of ether oxygens (including phenoxy) is 1. The van der Waals surface area contributed by atoms with Gasteiger partial charge in [-0.15, -0.1) is 0 Å². The fourth-order valence-corrected chi connectivity index (χ4v) is 3.27. The summed E-state index contributed by atoms with van der Waals surface area (Å²) in [5, 5.41) is 0. The predicted octanol–water partition coefficient (Wildman–Crippen LogP) is 1.36. The van der Waals surface area contributed by atoms with Crippen LogP contribution in [0, 0.1) is 0 Å². The molecular weight excluding hydrogens is 260 g/mol. The Labute approximate surface area is 105 Å². The van der Waals surface area contributed by atoms with Crippen molar-refractivity contribution < 1.29 is 14.1 Å². The molecule has 0 aliphatic carbocycles. The number of carbonyl (C=O) groups is 1. The molecule has 5 nitrogen and oxygen atoms in total. The Morgan fingerprint density at radius 3 is 3.18 bits per heavy atom. The highest BCUT2D eigenvalue weighted by Gasteiger charge is 2.21. The van der Waals surface area contributed by atoms with E-state index in [9.17, 15) is 9.35 Å². The van der Waals surface area contributed by atoms with Crippen LogP contribution < -0.4 is 0 Å². The SMILES string of the molecule is CCOC(=O)C[S+]([O-])c1nc2cccnc2s1. The fraction of sp³-hybridized carbons (Fsp3) is 0.300. The van der Waals surface area contributed by atoms with Gasteiger partial charge >= 0.3 is 10.3 Å². The normalized spacial score (nSPS) is 12.6. The predicted molar refractivity (Wildman–Crippen MR) is 65.3 cm³/mol. The molecular formula is C10H10N2O3S2. The van der Waals surface area contributed by atoms with Crippen LogP contribution in [0.15, 0.2) is 22.7 Å². The van der Waals surface area contributed by atoms with Gasteiger partial charge in [-0.25, -0.2) is 9.78 Å². The number of hydrogen-bond acceptors (Lipinski definition) is 6. The highest BCUT2D eigenvalue weighted by atomic mass is 32.2. The maximum atomic E-state index is 11.8. The summed E-state index contributed by atoms with van der Waals surface area (Å²) in [6.07, 6.45) is 1.65. The molecule has 0 aromatic carbocycles. The molecule has 2 heterocycles. The molecule has 0 saturated carbocycles. The second-order valence-electron chi connectivity index (χ2n) is 3.10. The lowest BCUT2D eigenvalue weighted by Crippen LogP contribution is -2.18. The Balaban J connectivity index is 2.13. The first-order chi connectivity index (χ1) is 8.20. The van der Waals surface area contributed by atoms with E-state index in [1.807, 2.05) is 0 Å².